The van der Waals surface area contributed by atoms with Crippen LogP contribution in [0, 0.1) is 12.7 Å². The third-order valence-corrected chi connectivity index (χ3v) is 3.87. The van der Waals surface area contributed by atoms with Crippen LogP contribution in [0.25, 0.3) is 0 Å². The molecule has 0 saturated heterocycles. The van der Waals surface area contributed by atoms with Crippen molar-refractivity contribution in [3.05, 3.63) is 50.5 Å². The van der Waals surface area contributed by atoms with Crippen LogP contribution < -0.4 is 0 Å². The molecule has 0 bridgehead atoms. The molecular weight excluding hydrogens is 335 g/mol. The average molecular weight is 348 g/mol. The van der Waals surface area contributed by atoms with Crippen LogP contribution in [-0.2, 0) is 13.5 Å². The fourth-order valence-corrected chi connectivity index (χ4v) is 2.72. The number of aryl methyl sites for hydroxylation is 2. The maximum absolute atomic E-state index is 13.3. The molecule has 0 radical (unpaired) electrons. The maximum atomic E-state index is 13.3. The second kappa shape index (κ2) is 5.61. The van der Waals surface area contributed by atoms with E-state index in [1.807, 2.05) is 6.92 Å². The van der Waals surface area contributed by atoms with Crippen molar-refractivity contribution in [3.8, 4) is 0 Å². The Kier molecular flexibility index (Phi) is 4.28. The first-order valence-corrected chi connectivity index (χ1v) is 6.87. The van der Waals surface area contributed by atoms with Gasteiger partial charge in [0.05, 0.1) is 11.8 Å². The van der Waals surface area contributed by atoms with Crippen LogP contribution in [0.4, 0.5) is 4.39 Å². The Bertz CT molecular complexity index is 595. The lowest BCUT2D eigenvalue weighted by Gasteiger charge is -2.11. The Hall–Kier alpha value is -0.910. The van der Waals surface area contributed by atoms with E-state index in [2.05, 4.69) is 21.0 Å². The number of rotatable bonds is 3. The fraction of sp³-hybridized carbons (Fsp3) is 0.308. The molecule has 0 saturated carbocycles. The smallest absolute Gasteiger partial charge is 0.130 e. The van der Waals surface area contributed by atoms with Crippen LogP contribution in [0.15, 0.2) is 22.7 Å². The zero-order chi connectivity index (χ0) is 14.2. The molecule has 2 rings (SSSR count). The topological polar surface area (TPSA) is 38.0 Å². The summed E-state index contributed by atoms with van der Waals surface area (Å²) in [4.78, 5) is 0. The third-order valence-electron chi connectivity index (χ3n) is 2.94. The number of hydrogen-bond acceptors (Lipinski definition) is 2. The Balaban J connectivity index is 2.27. The van der Waals surface area contributed by atoms with Crippen molar-refractivity contribution in [1.82, 2.24) is 9.78 Å². The molecule has 3 nitrogen and oxygen atoms in total. The van der Waals surface area contributed by atoms with Gasteiger partial charge < -0.3 is 5.11 Å². The van der Waals surface area contributed by atoms with Gasteiger partial charge in [-0.25, -0.2) is 4.39 Å². The summed E-state index contributed by atoms with van der Waals surface area (Å²) >= 11 is 9.32. The zero-order valence-electron chi connectivity index (χ0n) is 10.5. The summed E-state index contributed by atoms with van der Waals surface area (Å²) < 4.78 is 15.5. The fourth-order valence-electron chi connectivity index (χ4n) is 1.98. The van der Waals surface area contributed by atoms with Crippen molar-refractivity contribution < 1.29 is 9.50 Å². The molecule has 19 heavy (non-hydrogen) atoms. The standard InChI is InChI=1S/C13H13BrClFN2O/c1-7-11(13(15)18(2)17-7)6-12(19)8-3-9(14)5-10(16)4-8/h3-5,12,19H,6H2,1-2H3. The van der Waals surface area contributed by atoms with Gasteiger partial charge in [0.25, 0.3) is 0 Å². The summed E-state index contributed by atoms with van der Waals surface area (Å²) in [5.74, 6) is -0.391. The van der Waals surface area contributed by atoms with Gasteiger partial charge in [-0.1, -0.05) is 27.5 Å². The first kappa shape index (κ1) is 14.5. The number of halogens is 3. The Morgan fingerprint density at radius 2 is 2.16 bits per heavy atom. The Morgan fingerprint density at radius 3 is 2.68 bits per heavy atom. The highest BCUT2D eigenvalue weighted by Gasteiger charge is 2.17. The summed E-state index contributed by atoms with van der Waals surface area (Å²) in [6.07, 6.45) is -0.526. The molecule has 0 amide bonds. The number of benzene rings is 1. The van der Waals surface area contributed by atoms with E-state index >= 15 is 0 Å². The van der Waals surface area contributed by atoms with Crippen molar-refractivity contribution in [2.45, 2.75) is 19.4 Å². The van der Waals surface area contributed by atoms with Gasteiger partial charge >= 0.3 is 0 Å². The van der Waals surface area contributed by atoms with E-state index in [0.29, 0.717) is 21.6 Å². The quantitative estimate of drug-likeness (QED) is 0.922. The summed E-state index contributed by atoms with van der Waals surface area (Å²) in [5.41, 5.74) is 2.05. The average Bonchev–Trinajstić information content (AvgIpc) is 2.54. The minimum atomic E-state index is -0.826. The highest BCUT2D eigenvalue weighted by Crippen LogP contribution is 2.27. The van der Waals surface area contributed by atoms with Gasteiger partial charge in [0.2, 0.25) is 0 Å². The zero-order valence-corrected chi connectivity index (χ0v) is 12.8. The molecule has 6 heteroatoms. The second-order valence-corrected chi connectivity index (χ2v) is 5.67. The molecule has 0 aliphatic rings. The van der Waals surface area contributed by atoms with E-state index in [-0.39, 0.29) is 0 Å². The van der Waals surface area contributed by atoms with Gasteiger partial charge in [0.1, 0.15) is 11.0 Å². The van der Waals surface area contributed by atoms with Crippen molar-refractivity contribution in [1.29, 1.82) is 0 Å². The first-order valence-electron chi connectivity index (χ1n) is 5.70. The molecule has 1 aromatic heterocycles. The molecular formula is C13H13BrClFN2O. The lowest BCUT2D eigenvalue weighted by Crippen LogP contribution is -2.03. The minimum absolute atomic E-state index is 0.300. The van der Waals surface area contributed by atoms with Crippen molar-refractivity contribution in [2.75, 3.05) is 0 Å². The van der Waals surface area contributed by atoms with Crippen molar-refractivity contribution in [2.24, 2.45) is 7.05 Å². The van der Waals surface area contributed by atoms with Gasteiger partial charge in [0.15, 0.2) is 0 Å². The van der Waals surface area contributed by atoms with Crippen LogP contribution in [0.2, 0.25) is 5.15 Å². The Labute approximate surface area is 124 Å². The lowest BCUT2D eigenvalue weighted by molar-refractivity contribution is 0.177. The molecule has 1 heterocycles. The minimum Gasteiger partial charge on any atom is -0.388 e. The summed E-state index contributed by atoms with van der Waals surface area (Å²) in [5, 5.41) is 14.9. The molecule has 1 N–H and O–H groups in total. The van der Waals surface area contributed by atoms with E-state index in [0.717, 1.165) is 11.3 Å². The first-order chi connectivity index (χ1) is 8.88. The predicted molar refractivity (Wildman–Crippen MR) is 75.7 cm³/mol. The molecule has 1 aromatic carbocycles. The van der Waals surface area contributed by atoms with Crippen LogP contribution in [0.1, 0.15) is 22.9 Å². The molecule has 0 fully saturated rings. The van der Waals surface area contributed by atoms with Crippen LogP contribution >= 0.6 is 27.5 Å². The molecule has 2 aromatic rings. The lowest BCUT2D eigenvalue weighted by atomic mass is 10.0. The SMILES string of the molecule is Cc1nn(C)c(Cl)c1CC(O)c1cc(F)cc(Br)c1. The van der Waals surface area contributed by atoms with Gasteiger partial charge in [-0.3, -0.25) is 4.68 Å². The van der Waals surface area contributed by atoms with Crippen LogP contribution in [-0.4, -0.2) is 14.9 Å². The molecule has 1 unspecified atom stereocenters. The molecule has 0 spiro atoms. The highest BCUT2D eigenvalue weighted by molar-refractivity contribution is 9.10. The van der Waals surface area contributed by atoms with Gasteiger partial charge in [-0.15, -0.1) is 0 Å². The van der Waals surface area contributed by atoms with Crippen molar-refractivity contribution in [3.63, 3.8) is 0 Å². The number of aliphatic hydroxyl groups excluding tert-OH is 1. The van der Waals surface area contributed by atoms with Crippen LogP contribution in [0.5, 0.6) is 0 Å². The van der Waals surface area contributed by atoms with Gasteiger partial charge in [0, 0.05) is 23.5 Å². The number of hydrogen-bond donors (Lipinski definition) is 1. The van der Waals surface area contributed by atoms with Gasteiger partial charge in [-0.05, 0) is 30.7 Å². The van der Waals surface area contributed by atoms with Crippen LogP contribution in [0.3, 0.4) is 0 Å². The summed E-state index contributed by atoms with van der Waals surface area (Å²) in [7, 11) is 1.74. The maximum Gasteiger partial charge on any atom is 0.130 e. The van der Waals surface area contributed by atoms with Gasteiger partial charge in [-0.2, -0.15) is 5.10 Å². The third kappa shape index (κ3) is 3.16. The van der Waals surface area contributed by atoms with E-state index < -0.39 is 11.9 Å². The molecule has 102 valence electrons. The summed E-state index contributed by atoms with van der Waals surface area (Å²) in [6.45, 7) is 1.83. The number of aliphatic hydroxyl groups is 1. The van der Waals surface area contributed by atoms with E-state index in [9.17, 15) is 9.50 Å². The predicted octanol–water partition coefficient (Wildman–Crippen LogP) is 3.56. The molecule has 0 aliphatic heterocycles. The monoisotopic (exact) mass is 346 g/mol. The van der Waals surface area contributed by atoms with E-state index in [1.54, 1.807) is 17.8 Å². The molecule has 0 aliphatic carbocycles. The summed E-state index contributed by atoms with van der Waals surface area (Å²) in [6, 6.07) is 4.35. The number of nitrogens with zero attached hydrogens (tertiary/aromatic N) is 2. The van der Waals surface area contributed by atoms with E-state index in [1.165, 1.54) is 12.1 Å². The van der Waals surface area contributed by atoms with Crippen molar-refractivity contribution >= 4 is 27.5 Å². The highest BCUT2D eigenvalue weighted by atomic mass is 79.9. The normalized spacial score (nSPS) is 12.7. The largest absolute Gasteiger partial charge is 0.388 e. The molecule has 1 atom stereocenters. The number of aromatic nitrogens is 2. The second-order valence-electron chi connectivity index (χ2n) is 4.40. The van der Waals surface area contributed by atoms with E-state index in [4.69, 9.17) is 11.6 Å². The Morgan fingerprint density at radius 1 is 1.47 bits per heavy atom.